The largest absolute Gasteiger partial charge is 0.462 e. The van der Waals surface area contributed by atoms with E-state index >= 15 is 0 Å². The Morgan fingerprint density at radius 2 is 2.00 bits per heavy atom. The first-order chi connectivity index (χ1) is 17.2. The lowest BCUT2D eigenvalue weighted by Crippen LogP contribution is -2.66. The maximum Gasteiger partial charge on any atom is 0.331 e. The predicted molar refractivity (Wildman–Crippen MR) is 125 cm³/mol. The molecule has 3 fully saturated rings. The molecule has 1 spiro atoms. The van der Waals surface area contributed by atoms with Gasteiger partial charge in [0, 0.05) is 41.9 Å². The highest BCUT2D eigenvalue weighted by molar-refractivity contribution is 5.85. The molecule has 5 rings (SSSR count). The standard InChI is InChI=1S/C27H32O9/c1-17-7-9-26(15-28)20(11-17)35-21-13-19(25(26,2)27(21)16-34-27)36-23(30)6-4-3-5-22(29)32-10-8-18-12-24(31)33-14-18/h3-6,11-12,19-21,28H,7-10,13-16H2,1-2H3/b5-3+,6-4-. The van der Waals surface area contributed by atoms with Gasteiger partial charge in [-0.1, -0.05) is 30.7 Å². The van der Waals surface area contributed by atoms with E-state index in [2.05, 4.69) is 19.9 Å². The van der Waals surface area contributed by atoms with Crippen molar-refractivity contribution in [3.63, 3.8) is 0 Å². The van der Waals surface area contributed by atoms with Crippen LogP contribution in [0.5, 0.6) is 0 Å². The highest BCUT2D eigenvalue weighted by Crippen LogP contribution is 2.71. The van der Waals surface area contributed by atoms with Crippen molar-refractivity contribution in [3.8, 4) is 0 Å². The molecule has 6 unspecified atom stereocenters. The van der Waals surface area contributed by atoms with Crippen molar-refractivity contribution < 1.29 is 43.2 Å². The first-order valence-electron chi connectivity index (χ1n) is 12.4. The molecule has 1 saturated carbocycles. The Kier molecular flexibility index (Phi) is 6.43. The average molecular weight is 501 g/mol. The topological polar surface area (TPSA) is 121 Å². The summed E-state index contributed by atoms with van der Waals surface area (Å²) in [5.41, 5.74) is 0.288. The summed E-state index contributed by atoms with van der Waals surface area (Å²) < 4.78 is 28.2. The molecule has 0 radical (unpaired) electrons. The van der Waals surface area contributed by atoms with Gasteiger partial charge in [-0.15, -0.1) is 0 Å². The highest BCUT2D eigenvalue weighted by Gasteiger charge is 2.82. The third-order valence-electron chi connectivity index (χ3n) is 8.72. The number of aliphatic hydroxyl groups excluding tert-OH is 1. The molecule has 2 saturated heterocycles. The third kappa shape index (κ3) is 3.93. The first-order valence-corrected chi connectivity index (χ1v) is 12.4. The van der Waals surface area contributed by atoms with E-state index in [0.29, 0.717) is 19.4 Å². The van der Waals surface area contributed by atoms with E-state index in [4.69, 9.17) is 23.7 Å². The van der Waals surface area contributed by atoms with Gasteiger partial charge in [0.25, 0.3) is 0 Å². The molecule has 0 aromatic carbocycles. The fourth-order valence-electron chi connectivity index (χ4n) is 6.50. The molecule has 5 aliphatic rings. The fourth-order valence-corrected chi connectivity index (χ4v) is 6.50. The van der Waals surface area contributed by atoms with Gasteiger partial charge >= 0.3 is 17.9 Å². The number of aliphatic hydroxyl groups is 1. The number of hydrogen-bond donors (Lipinski definition) is 1. The highest BCUT2D eigenvalue weighted by atomic mass is 16.6. The van der Waals surface area contributed by atoms with E-state index in [-0.39, 0.29) is 38.0 Å². The van der Waals surface area contributed by atoms with Gasteiger partial charge in [-0.25, -0.2) is 14.4 Å². The van der Waals surface area contributed by atoms with Crippen LogP contribution in [0.3, 0.4) is 0 Å². The smallest absolute Gasteiger partial charge is 0.331 e. The molecule has 3 heterocycles. The second-order valence-corrected chi connectivity index (χ2v) is 10.5. The summed E-state index contributed by atoms with van der Waals surface area (Å²) in [5, 5.41) is 10.6. The third-order valence-corrected chi connectivity index (χ3v) is 8.72. The molecular weight excluding hydrogens is 468 g/mol. The average Bonchev–Trinajstić information content (AvgIpc) is 3.52. The van der Waals surface area contributed by atoms with Crippen LogP contribution in [0.25, 0.3) is 0 Å². The van der Waals surface area contributed by atoms with E-state index in [1.54, 1.807) is 0 Å². The van der Waals surface area contributed by atoms with Gasteiger partial charge in [0.1, 0.15) is 18.3 Å². The summed E-state index contributed by atoms with van der Waals surface area (Å²) in [5.74, 6) is -1.47. The number of fused-ring (bicyclic) bond motifs is 2. The number of epoxide rings is 1. The van der Waals surface area contributed by atoms with Crippen LogP contribution >= 0.6 is 0 Å². The van der Waals surface area contributed by atoms with Crippen LogP contribution < -0.4 is 0 Å². The number of rotatable bonds is 8. The van der Waals surface area contributed by atoms with Crippen molar-refractivity contribution in [2.75, 3.05) is 26.4 Å². The van der Waals surface area contributed by atoms with Crippen LogP contribution in [0.1, 0.15) is 39.5 Å². The number of ether oxygens (including phenoxy) is 5. The monoisotopic (exact) mass is 500 g/mol. The van der Waals surface area contributed by atoms with E-state index in [1.807, 2.05) is 0 Å². The van der Waals surface area contributed by atoms with Crippen molar-refractivity contribution in [1.29, 1.82) is 0 Å². The van der Waals surface area contributed by atoms with Gasteiger partial charge in [0.05, 0.1) is 32.0 Å². The fraction of sp³-hybridized carbons (Fsp3) is 0.593. The summed E-state index contributed by atoms with van der Waals surface area (Å²) in [6.45, 7) is 4.96. The summed E-state index contributed by atoms with van der Waals surface area (Å²) in [4.78, 5) is 35.6. The maximum absolute atomic E-state index is 12.7. The molecular formula is C27H32O9. The van der Waals surface area contributed by atoms with Gasteiger partial charge in [-0.2, -0.15) is 0 Å². The predicted octanol–water partition coefficient (Wildman–Crippen LogP) is 2.09. The van der Waals surface area contributed by atoms with Gasteiger partial charge in [-0.3, -0.25) is 0 Å². The van der Waals surface area contributed by atoms with E-state index < -0.39 is 34.5 Å². The Morgan fingerprint density at radius 3 is 2.67 bits per heavy atom. The Bertz CT molecular complexity index is 1070. The number of hydrogen-bond acceptors (Lipinski definition) is 9. The molecule has 0 aromatic rings. The normalized spacial score (nSPS) is 38.6. The summed E-state index contributed by atoms with van der Waals surface area (Å²) in [6.07, 6.45) is 10.4. The Morgan fingerprint density at radius 1 is 1.25 bits per heavy atom. The summed E-state index contributed by atoms with van der Waals surface area (Å²) >= 11 is 0. The molecule has 0 amide bonds. The molecule has 2 aliphatic carbocycles. The van der Waals surface area contributed by atoms with E-state index in [9.17, 15) is 19.5 Å². The van der Waals surface area contributed by atoms with Crippen molar-refractivity contribution in [2.24, 2.45) is 10.8 Å². The number of cyclic esters (lactones) is 1. The zero-order valence-electron chi connectivity index (χ0n) is 20.6. The lowest BCUT2D eigenvalue weighted by Gasteiger charge is -2.58. The molecule has 0 aromatic heterocycles. The van der Waals surface area contributed by atoms with Crippen molar-refractivity contribution in [2.45, 2.75) is 63.4 Å². The number of esters is 3. The molecule has 9 nitrogen and oxygen atoms in total. The van der Waals surface area contributed by atoms with Crippen LogP contribution in [0, 0.1) is 10.8 Å². The Hall–Kier alpha value is -2.75. The van der Waals surface area contributed by atoms with E-state index in [1.165, 1.54) is 36.0 Å². The molecule has 194 valence electrons. The van der Waals surface area contributed by atoms with Crippen molar-refractivity contribution in [1.82, 2.24) is 0 Å². The Balaban J connectivity index is 1.19. The minimum absolute atomic E-state index is 0.0782. The molecule has 6 atom stereocenters. The molecule has 36 heavy (non-hydrogen) atoms. The zero-order chi connectivity index (χ0) is 25.6. The lowest BCUT2D eigenvalue weighted by molar-refractivity contribution is -0.228. The maximum atomic E-state index is 12.7. The second-order valence-electron chi connectivity index (χ2n) is 10.5. The van der Waals surface area contributed by atoms with Gasteiger partial charge < -0.3 is 28.8 Å². The summed E-state index contributed by atoms with van der Waals surface area (Å²) in [6, 6.07) is 0. The van der Waals surface area contributed by atoms with Crippen LogP contribution in [-0.2, 0) is 38.1 Å². The quantitative estimate of drug-likeness (QED) is 0.133. The Labute approximate surface area is 209 Å². The SMILES string of the molecule is CC1=CC2OC3CC(OC(=O)/C=C\C=C\C(=O)OCCC4=CC(=O)OC4)C(C)(C2(CO)CC1)C31CO1. The zero-order valence-corrected chi connectivity index (χ0v) is 20.6. The van der Waals surface area contributed by atoms with Crippen molar-refractivity contribution >= 4 is 17.9 Å². The second kappa shape index (κ2) is 9.28. The van der Waals surface area contributed by atoms with Gasteiger partial charge in [0.15, 0.2) is 0 Å². The lowest BCUT2D eigenvalue weighted by atomic mass is 9.51. The van der Waals surface area contributed by atoms with Crippen LogP contribution in [-0.4, -0.2) is 73.4 Å². The molecule has 3 aliphatic heterocycles. The number of carbonyl (C=O) groups excluding carboxylic acids is 3. The van der Waals surface area contributed by atoms with E-state index in [0.717, 1.165) is 18.4 Å². The van der Waals surface area contributed by atoms with Gasteiger partial charge in [-0.05, 0) is 25.3 Å². The number of carbonyl (C=O) groups is 3. The van der Waals surface area contributed by atoms with Crippen molar-refractivity contribution in [3.05, 3.63) is 47.6 Å². The molecule has 1 N–H and O–H groups in total. The number of allylic oxidation sites excluding steroid dienone is 3. The minimum Gasteiger partial charge on any atom is -0.462 e. The van der Waals surface area contributed by atoms with Crippen LogP contribution in [0.4, 0.5) is 0 Å². The summed E-state index contributed by atoms with van der Waals surface area (Å²) in [7, 11) is 0. The van der Waals surface area contributed by atoms with Crippen LogP contribution in [0.15, 0.2) is 47.6 Å². The minimum atomic E-state index is -0.595. The molecule has 2 bridgehead atoms. The first kappa shape index (κ1) is 24.9. The van der Waals surface area contributed by atoms with Gasteiger partial charge in [0.2, 0.25) is 0 Å². The molecule has 9 heteroatoms. The van der Waals surface area contributed by atoms with Crippen LogP contribution in [0.2, 0.25) is 0 Å².